The average Bonchev–Trinajstić information content (AvgIpc) is 2.85. The van der Waals surface area contributed by atoms with Crippen molar-refractivity contribution in [1.82, 2.24) is 9.71 Å². The summed E-state index contributed by atoms with van der Waals surface area (Å²) in [5.41, 5.74) is 5.56. The molecular formula is C11H12FN3O2S2. The van der Waals surface area contributed by atoms with Crippen LogP contribution in [0.2, 0.25) is 0 Å². The van der Waals surface area contributed by atoms with E-state index in [0.29, 0.717) is 6.42 Å². The number of hydrogen-bond donors (Lipinski definition) is 2. The highest BCUT2D eigenvalue weighted by atomic mass is 32.2. The highest BCUT2D eigenvalue weighted by molar-refractivity contribution is 7.89. The molecule has 8 heteroatoms. The molecule has 0 radical (unpaired) electrons. The topological polar surface area (TPSA) is 85.1 Å². The lowest BCUT2D eigenvalue weighted by molar-refractivity contribution is 0.578. The smallest absolute Gasteiger partial charge is 0.242 e. The second-order valence-electron chi connectivity index (χ2n) is 3.76. The fraction of sp³-hybridized carbons (Fsp3) is 0.182. The van der Waals surface area contributed by atoms with E-state index in [2.05, 4.69) is 9.71 Å². The molecule has 0 aliphatic carbocycles. The first kappa shape index (κ1) is 13.9. The summed E-state index contributed by atoms with van der Waals surface area (Å²) in [6.07, 6.45) is 2.13. The number of nitrogens with one attached hydrogen (secondary N) is 1. The molecule has 1 heterocycles. The summed E-state index contributed by atoms with van der Waals surface area (Å²) >= 11 is 1.44. The molecule has 0 bridgehead atoms. The van der Waals surface area contributed by atoms with Gasteiger partial charge in [-0.15, -0.1) is 11.3 Å². The molecule has 0 aliphatic heterocycles. The van der Waals surface area contributed by atoms with Crippen molar-refractivity contribution in [2.45, 2.75) is 11.3 Å². The summed E-state index contributed by atoms with van der Waals surface area (Å²) in [5.74, 6) is -0.644. The van der Waals surface area contributed by atoms with Gasteiger partial charge in [0.25, 0.3) is 0 Å². The fourth-order valence-corrected chi connectivity index (χ4v) is 3.28. The number of hydrogen-bond acceptors (Lipinski definition) is 5. The molecule has 19 heavy (non-hydrogen) atoms. The van der Waals surface area contributed by atoms with Crippen molar-refractivity contribution in [2.75, 3.05) is 12.3 Å². The van der Waals surface area contributed by atoms with Crippen LogP contribution in [0, 0.1) is 5.82 Å². The number of nitrogens with zero attached hydrogens (tertiary/aromatic N) is 1. The predicted octanol–water partition coefficient (Wildman–Crippen LogP) is 1.39. The van der Waals surface area contributed by atoms with Gasteiger partial charge in [0.05, 0.1) is 10.7 Å². The van der Waals surface area contributed by atoms with Gasteiger partial charge in [0.2, 0.25) is 10.0 Å². The third-order valence-electron chi connectivity index (χ3n) is 2.38. The second-order valence-corrected chi connectivity index (χ2v) is 6.47. The van der Waals surface area contributed by atoms with Gasteiger partial charge >= 0.3 is 0 Å². The monoisotopic (exact) mass is 301 g/mol. The number of sulfonamides is 1. The van der Waals surface area contributed by atoms with Crippen LogP contribution in [0.15, 0.2) is 34.7 Å². The zero-order valence-corrected chi connectivity index (χ0v) is 11.5. The average molecular weight is 301 g/mol. The maximum Gasteiger partial charge on any atom is 0.242 e. The molecule has 0 spiro atoms. The molecule has 102 valence electrons. The molecule has 0 atom stereocenters. The van der Waals surface area contributed by atoms with E-state index in [1.54, 1.807) is 6.20 Å². The number of rotatable bonds is 5. The zero-order valence-electron chi connectivity index (χ0n) is 9.84. The van der Waals surface area contributed by atoms with Crippen LogP contribution in [0.1, 0.15) is 5.01 Å². The van der Waals surface area contributed by atoms with Crippen LogP contribution in [0.5, 0.6) is 0 Å². The predicted molar refractivity (Wildman–Crippen MR) is 71.8 cm³/mol. The number of aromatic nitrogens is 1. The van der Waals surface area contributed by atoms with E-state index in [9.17, 15) is 12.8 Å². The Morgan fingerprint density at radius 1 is 1.42 bits per heavy atom. The van der Waals surface area contributed by atoms with Crippen molar-refractivity contribution in [3.63, 3.8) is 0 Å². The highest BCUT2D eigenvalue weighted by Crippen LogP contribution is 2.19. The van der Waals surface area contributed by atoms with Crippen molar-refractivity contribution in [1.29, 1.82) is 0 Å². The van der Waals surface area contributed by atoms with E-state index >= 15 is 0 Å². The molecule has 0 unspecified atom stereocenters. The normalized spacial score (nSPS) is 11.6. The standard InChI is InChI=1S/C11H12FN3O2S2/c12-8-1-2-9(13)10(7-8)19(16,17)15-4-3-11-14-5-6-18-11/h1-2,5-7,15H,3-4,13H2. The van der Waals surface area contributed by atoms with Gasteiger partial charge < -0.3 is 5.73 Å². The Morgan fingerprint density at radius 3 is 2.89 bits per heavy atom. The van der Waals surface area contributed by atoms with Crippen LogP contribution in [-0.4, -0.2) is 19.9 Å². The second kappa shape index (κ2) is 5.64. The summed E-state index contributed by atoms with van der Waals surface area (Å²) in [5, 5.41) is 2.64. The molecule has 2 aromatic rings. The third-order valence-corrected chi connectivity index (χ3v) is 4.74. The largest absolute Gasteiger partial charge is 0.398 e. The van der Waals surface area contributed by atoms with E-state index in [0.717, 1.165) is 17.1 Å². The Balaban J connectivity index is 2.07. The summed E-state index contributed by atoms with van der Waals surface area (Å²) in [6.45, 7) is 0.186. The van der Waals surface area contributed by atoms with Crippen molar-refractivity contribution in [3.8, 4) is 0 Å². The molecule has 5 nitrogen and oxygen atoms in total. The molecule has 0 fully saturated rings. The Labute approximate surface area is 114 Å². The summed E-state index contributed by atoms with van der Waals surface area (Å²) in [7, 11) is -3.80. The lowest BCUT2D eigenvalue weighted by Crippen LogP contribution is -2.26. The Kier molecular flexibility index (Phi) is 4.13. The van der Waals surface area contributed by atoms with Crippen LogP contribution in [0.4, 0.5) is 10.1 Å². The number of nitrogen functional groups attached to an aromatic ring is 1. The van der Waals surface area contributed by atoms with Gasteiger partial charge in [0, 0.05) is 24.5 Å². The van der Waals surface area contributed by atoms with Crippen molar-refractivity contribution >= 4 is 27.0 Å². The molecule has 2 rings (SSSR count). The van der Waals surface area contributed by atoms with Gasteiger partial charge in [-0.1, -0.05) is 0 Å². The SMILES string of the molecule is Nc1ccc(F)cc1S(=O)(=O)NCCc1nccs1. The molecule has 1 aromatic heterocycles. The molecule has 0 amide bonds. The number of benzene rings is 1. The van der Waals surface area contributed by atoms with E-state index < -0.39 is 15.8 Å². The van der Waals surface area contributed by atoms with Crippen molar-refractivity contribution in [2.24, 2.45) is 0 Å². The number of halogens is 1. The molecule has 0 saturated carbocycles. The quantitative estimate of drug-likeness (QED) is 0.817. The van der Waals surface area contributed by atoms with Crippen LogP contribution >= 0.6 is 11.3 Å². The van der Waals surface area contributed by atoms with Crippen LogP contribution in [0.25, 0.3) is 0 Å². The summed E-state index contributed by atoms with van der Waals surface area (Å²) in [4.78, 5) is 3.80. The molecular weight excluding hydrogens is 289 g/mol. The van der Waals surface area contributed by atoms with E-state index in [4.69, 9.17) is 5.73 Å². The lowest BCUT2D eigenvalue weighted by atomic mass is 10.3. The van der Waals surface area contributed by atoms with Crippen molar-refractivity contribution < 1.29 is 12.8 Å². The van der Waals surface area contributed by atoms with E-state index in [1.165, 1.54) is 17.4 Å². The zero-order chi connectivity index (χ0) is 13.9. The fourth-order valence-electron chi connectivity index (χ4n) is 1.49. The van der Waals surface area contributed by atoms with Crippen LogP contribution in [0.3, 0.4) is 0 Å². The van der Waals surface area contributed by atoms with Crippen molar-refractivity contribution in [3.05, 3.63) is 40.6 Å². The maximum absolute atomic E-state index is 13.1. The third kappa shape index (κ3) is 3.49. The first-order valence-corrected chi connectivity index (χ1v) is 7.78. The first-order chi connectivity index (χ1) is 8.99. The maximum atomic E-state index is 13.1. The van der Waals surface area contributed by atoms with E-state index in [1.807, 2.05) is 5.38 Å². The van der Waals surface area contributed by atoms with Gasteiger partial charge in [0.1, 0.15) is 10.7 Å². The van der Waals surface area contributed by atoms with Crippen LogP contribution < -0.4 is 10.5 Å². The van der Waals surface area contributed by atoms with E-state index in [-0.39, 0.29) is 17.1 Å². The minimum Gasteiger partial charge on any atom is -0.398 e. The van der Waals surface area contributed by atoms with Gasteiger partial charge in [0.15, 0.2) is 0 Å². The number of anilines is 1. The Hall–Kier alpha value is -1.51. The van der Waals surface area contributed by atoms with Crippen LogP contribution in [-0.2, 0) is 16.4 Å². The van der Waals surface area contributed by atoms with Gasteiger partial charge in [-0.05, 0) is 18.2 Å². The van der Waals surface area contributed by atoms with Gasteiger partial charge in [-0.25, -0.2) is 22.5 Å². The first-order valence-electron chi connectivity index (χ1n) is 5.42. The highest BCUT2D eigenvalue weighted by Gasteiger charge is 2.17. The Bertz CT molecular complexity index is 657. The minimum absolute atomic E-state index is 0.0168. The molecule has 0 saturated heterocycles. The lowest BCUT2D eigenvalue weighted by Gasteiger charge is -2.08. The molecule has 0 aliphatic rings. The Morgan fingerprint density at radius 2 is 2.21 bits per heavy atom. The molecule has 1 aromatic carbocycles. The summed E-state index contributed by atoms with van der Waals surface area (Å²) in [6, 6.07) is 3.25. The number of thiazole rings is 1. The number of nitrogens with two attached hydrogens (primary N) is 1. The minimum atomic E-state index is -3.80. The molecule has 3 N–H and O–H groups in total. The van der Waals surface area contributed by atoms with Gasteiger partial charge in [-0.3, -0.25) is 0 Å². The van der Waals surface area contributed by atoms with Gasteiger partial charge in [-0.2, -0.15) is 0 Å². The summed E-state index contributed by atoms with van der Waals surface area (Å²) < 4.78 is 39.4.